The van der Waals surface area contributed by atoms with Gasteiger partial charge in [-0.05, 0) is 18.7 Å². The van der Waals surface area contributed by atoms with Crippen molar-refractivity contribution in [3.8, 4) is 0 Å². The predicted molar refractivity (Wildman–Crippen MR) is 44.0 cm³/mol. The highest BCUT2D eigenvalue weighted by Gasteiger charge is 2.02. The molecule has 0 aromatic carbocycles. The molecule has 1 unspecified atom stereocenters. The van der Waals surface area contributed by atoms with Crippen molar-refractivity contribution in [1.29, 1.82) is 0 Å². The van der Waals surface area contributed by atoms with Crippen LogP contribution in [0.15, 0.2) is 31.1 Å². The number of hydrogen-bond acceptors (Lipinski definition) is 3. The second-order valence-electron chi connectivity index (χ2n) is 2.18. The first-order valence-corrected chi connectivity index (χ1v) is 3.45. The minimum absolute atomic E-state index is 0.172. The van der Waals surface area contributed by atoms with Crippen molar-refractivity contribution in [1.82, 2.24) is 15.5 Å². The van der Waals surface area contributed by atoms with Gasteiger partial charge in [-0.3, -0.25) is 0 Å². The van der Waals surface area contributed by atoms with Gasteiger partial charge in [0.15, 0.2) is 0 Å². The Balaban J connectivity index is 2.82. The maximum atomic E-state index is 3.76. The van der Waals surface area contributed by atoms with Crippen LogP contribution in [0.25, 0.3) is 0 Å². The van der Waals surface area contributed by atoms with Gasteiger partial charge in [-0.1, -0.05) is 6.08 Å². The zero-order valence-corrected chi connectivity index (χ0v) is 6.49. The molecule has 0 radical (unpaired) electrons. The first kappa shape index (κ1) is 7.88. The molecule has 1 N–H and O–H groups in total. The number of aromatic nitrogens is 2. The molecule has 1 rings (SSSR count). The van der Waals surface area contributed by atoms with E-state index in [4.69, 9.17) is 0 Å². The van der Waals surface area contributed by atoms with Gasteiger partial charge in [0, 0.05) is 6.20 Å². The zero-order chi connectivity index (χ0) is 8.10. The standard InChI is InChI=1S/C8H11N3/c1-3-8(9-2)7-4-5-10-11-6-7/h3-6,8-9H,1H2,2H3. The first-order chi connectivity index (χ1) is 5.38. The van der Waals surface area contributed by atoms with Crippen LogP contribution in [0.5, 0.6) is 0 Å². The molecule has 3 heteroatoms. The Morgan fingerprint density at radius 2 is 2.45 bits per heavy atom. The molecule has 0 amide bonds. The molecule has 0 fully saturated rings. The molecule has 58 valence electrons. The number of nitrogens with zero attached hydrogens (tertiary/aromatic N) is 2. The van der Waals surface area contributed by atoms with E-state index in [9.17, 15) is 0 Å². The van der Waals surface area contributed by atoms with Crippen LogP contribution >= 0.6 is 0 Å². The Kier molecular flexibility index (Phi) is 2.74. The highest BCUT2D eigenvalue weighted by Crippen LogP contribution is 2.09. The second kappa shape index (κ2) is 3.83. The van der Waals surface area contributed by atoms with Crippen molar-refractivity contribution in [3.63, 3.8) is 0 Å². The smallest absolute Gasteiger partial charge is 0.0547 e. The van der Waals surface area contributed by atoms with Gasteiger partial charge < -0.3 is 5.32 Å². The van der Waals surface area contributed by atoms with Gasteiger partial charge in [0.2, 0.25) is 0 Å². The van der Waals surface area contributed by atoms with Crippen molar-refractivity contribution in [2.75, 3.05) is 7.05 Å². The van der Waals surface area contributed by atoms with Crippen LogP contribution in [0.4, 0.5) is 0 Å². The molecule has 1 aromatic rings. The van der Waals surface area contributed by atoms with Crippen LogP contribution in [-0.4, -0.2) is 17.2 Å². The van der Waals surface area contributed by atoms with E-state index in [1.54, 1.807) is 12.4 Å². The molecule has 0 saturated heterocycles. The minimum atomic E-state index is 0.172. The third-order valence-corrected chi connectivity index (χ3v) is 1.51. The normalized spacial score (nSPS) is 12.5. The Labute approximate surface area is 66.2 Å². The average molecular weight is 149 g/mol. The summed E-state index contributed by atoms with van der Waals surface area (Å²) in [6.45, 7) is 3.70. The Hall–Kier alpha value is -1.22. The van der Waals surface area contributed by atoms with Gasteiger partial charge in [0.25, 0.3) is 0 Å². The van der Waals surface area contributed by atoms with E-state index >= 15 is 0 Å². The summed E-state index contributed by atoms with van der Waals surface area (Å²) < 4.78 is 0. The number of nitrogens with one attached hydrogen (secondary N) is 1. The van der Waals surface area contributed by atoms with E-state index in [1.165, 1.54) is 0 Å². The van der Waals surface area contributed by atoms with Crippen molar-refractivity contribution in [2.45, 2.75) is 6.04 Å². The molecule has 3 nitrogen and oxygen atoms in total. The lowest BCUT2D eigenvalue weighted by atomic mass is 10.1. The molecule has 0 aliphatic heterocycles. The Morgan fingerprint density at radius 3 is 2.91 bits per heavy atom. The quantitative estimate of drug-likeness (QED) is 0.649. The maximum Gasteiger partial charge on any atom is 0.0547 e. The van der Waals surface area contributed by atoms with Gasteiger partial charge in [-0.25, -0.2) is 0 Å². The zero-order valence-electron chi connectivity index (χ0n) is 6.49. The van der Waals surface area contributed by atoms with Crippen molar-refractivity contribution in [3.05, 3.63) is 36.7 Å². The van der Waals surface area contributed by atoms with Crippen LogP contribution in [0.3, 0.4) is 0 Å². The minimum Gasteiger partial charge on any atom is -0.310 e. The first-order valence-electron chi connectivity index (χ1n) is 3.45. The van der Waals surface area contributed by atoms with Crippen molar-refractivity contribution < 1.29 is 0 Å². The van der Waals surface area contributed by atoms with Crippen LogP contribution < -0.4 is 5.32 Å². The molecule has 0 aliphatic rings. The van der Waals surface area contributed by atoms with Crippen LogP contribution in [0, 0.1) is 0 Å². The highest BCUT2D eigenvalue weighted by molar-refractivity contribution is 5.15. The van der Waals surface area contributed by atoms with Crippen LogP contribution in [-0.2, 0) is 0 Å². The van der Waals surface area contributed by atoms with Crippen LogP contribution in [0.1, 0.15) is 11.6 Å². The van der Waals surface area contributed by atoms with Gasteiger partial charge in [0.05, 0.1) is 12.2 Å². The summed E-state index contributed by atoms with van der Waals surface area (Å²) in [6, 6.07) is 2.08. The molecule has 11 heavy (non-hydrogen) atoms. The lowest BCUT2D eigenvalue weighted by molar-refractivity contribution is 0.708. The molecule has 1 aromatic heterocycles. The van der Waals surface area contributed by atoms with Crippen molar-refractivity contribution >= 4 is 0 Å². The van der Waals surface area contributed by atoms with Crippen molar-refractivity contribution in [2.24, 2.45) is 0 Å². The van der Waals surface area contributed by atoms with E-state index in [-0.39, 0.29) is 6.04 Å². The summed E-state index contributed by atoms with van der Waals surface area (Å²) in [6.07, 6.45) is 5.23. The van der Waals surface area contributed by atoms with E-state index < -0.39 is 0 Å². The number of rotatable bonds is 3. The third kappa shape index (κ3) is 1.85. The van der Waals surface area contributed by atoms with E-state index in [1.807, 2.05) is 19.2 Å². The largest absolute Gasteiger partial charge is 0.310 e. The van der Waals surface area contributed by atoms with Gasteiger partial charge in [0.1, 0.15) is 0 Å². The lowest BCUT2D eigenvalue weighted by Crippen LogP contribution is -2.13. The number of hydrogen-bond donors (Lipinski definition) is 1. The third-order valence-electron chi connectivity index (χ3n) is 1.51. The van der Waals surface area contributed by atoms with E-state index in [0.29, 0.717) is 0 Å². The summed E-state index contributed by atoms with van der Waals surface area (Å²) in [4.78, 5) is 0. The molecule has 1 atom stereocenters. The molecule has 0 aliphatic carbocycles. The molecular formula is C8H11N3. The fourth-order valence-electron chi connectivity index (χ4n) is 0.905. The summed E-state index contributed by atoms with van der Waals surface area (Å²) in [7, 11) is 1.88. The van der Waals surface area contributed by atoms with Crippen LogP contribution in [0.2, 0.25) is 0 Å². The average Bonchev–Trinajstić information content (AvgIpc) is 2.09. The van der Waals surface area contributed by atoms with E-state index in [2.05, 4.69) is 22.1 Å². The fourth-order valence-corrected chi connectivity index (χ4v) is 0.905. The monoisotopic (exact) mass is 149 g/mol. The molecule has 1 heterocycles. The number of likely N-dealkylation sites (N-methyl/N-ethyl adjacent to an activating group) is 1. The topological polar surface area (TPSA) is 37.8 Å². The molecular weight excluding hydrogens is 138 g/mol. The summed E-state index contributed by atoms with van der Waals surface area (Å²) in [5.41, 5.74) is 1.08. The molecule has 0 bridgehead atoms. The Morgan fingerprint density at radius 1 is 1.64 bits per heavy atom. The molecule has 0 spiro atoms. The predicted octanol–water partition coefficient (Wildman–Crippen LogP) is 0.923. The highest BCUT2D eigenvalue weighted by atomic mass is 15.1. The van der Waals surface area contributed by atoms with E-state index in [0.717, 1.165) is 5.56 Å². The maximum absolute atomic E-state index is 3.76. The SMILES string of the molecule is C=CC(NC)c1ccnnc1. The second-order valence-corrected chi connectivity index (χ2v) is 2.18. The Bertz CT molecular complexity index is 220. The van der Waals surface area contributed by atoms with Gasteiger partial charge in [-0.15, -0.1) is 6.58 Å². The fraction of sp³-hybridized carbons (Fsp3) is 0.250. The summed E-state index contributed by atoms with van der Waals surface area (Å²) >= 11 is 0. The molecule has 0 saturated carbocycles. The summed E-state index contributed by atoms with van der Waals surface area (Å²) in [5.74, 6) is 0. The lowest BCUT2D eigenvalue weighted by Gasteiger charge is -2.09. The van der Waals surface area contributed by atoms with Gasteiger partial charge in [-0.2, -0.15) is 10.2 Å². The van der Waals surface area contributed by atoms with Gasteiger partial charge >= 0.3 is 0 Å². The summed E-state index contributed by atoms with van der Waals surface area (Å²) in [5, 5.41) is 10.5.